The summed E-state index contributed by atoms with van der Waals surface area (Å²) >= 11 is 0. The predicted molar refractivity (Wildman–Crippen MR) is 61.0 cm³/mol. The smallest absolute Gasteiger partial charge is 0.325 e. The average molecular weight is 255 g/mol. The van der Waals surface area contributed by atoms with E-state index in [4.69, 9.17) is 0 Å². The van der Waals surface area contributed by atoms with Crippen molar-refractivity contribution in [2.24, 2.45) is 7.05 Å². The zero-order valence-corrected chi connectivity index (χ0v) is 10.2. The van der Waals surface area contributed by atoms with Crippen molar-refractivity contribution >= 4 is 17.7 Å². The Morgan fingerprint density at radius 2 is 2.11 bits per heavy atom. The number of ether oxygens (including phenoxy) is 1. The summed E-state index contributed by atoms with van der Waals surface area (Å²) in [6.45, 7) is -0.214. The van der Waals surface area contributed by atoms with Crippen LogP contribution in [0.25, 0.3) is 0 Å². The lowest BCUT2D eigenvalue weighted by Crippen LogP contribution is -2.33. The van der Waals surface area contributed by atoms with Gasteiger partial charge in [0.05, 0.1) is 14.2 Å². The molecule has 1 rings (SSSR count). The van der Waals surface area contributed by atoms with Crippen LogP contribution in [0.1, 0.15) is 10.5 Å². The van der Waals surface area contributed by atoms with Gasteiger partial charge >= 0.3 is 11.8 Å². The number of likely N-dealkylation sites (N-methyl/N-ethyl adjacent to an activating group) is 1. The number of hydrogen-bond donors (Lipinski definition) is 0. The van der Waals surface area contributed by atoms with Gasteiger partial charge in [0, 0.05) is 13.1 Å². The number of rotatable bonds is 4. The van der Waals surface area contributed by atoms with Gasteiger partial charge in [-0.2, -0.15) is 0 Å². The normalized spacial score (nSPS) is 9.94. The predicted octanol–water partition coefficient (Wildman–Crippen LogP) is 0.178. The summed E-state index contributed by atoms with van der Waals surface area (Å²) in [6.07, 6.45) is 0. The van der Waals surface area contributed by atoms with Gasteiger partial charge in [-0.1, -0.05) is 0 Å². The Bertz CT molecular complexity index is 494. The van der Waals surface area contributed by atoms with Gasteiger partial charge in [0.25, 0.3) is 5.91 Å². The van der Waals surface area contributed by atoms with Gasteiger partial charge < -0.3 is 19.8 Å². The molecule has 8 heteroatoms. The minimum atomic E-state index is -0.586. The molecule has 18 heavy (non-hydrogen) atoms. The van der Waals surface area contributed by atoms with Gasteiger partial charge in [-0.15, -0.1) is 0 Å². The van der Waals surface area contributed by atoms with E-state index in [9.17, 15) is 19.7 Å². The maximum absolute atomic E-state index is 11.9. The Kier molecular flexibility index (Phi) is 4.03. The number of methoxy groups -OCH3 is 1. The lowest BCUT2D eigenvalue weighted by atomic mass is 10.3. The van der Waals surface area contributed by atoms with Crippen molar-refractivity contribution in [2.75, 3.05) is 20.7 Å². The maximum atomic E-state index is 11.9. The molecule has 0 unspecified atom stereocenters. The molecule has 1 heterocycles. The molecule has 98 valence electrons. The summed E-state index contributed by atoms with van der Waals surface area (Å²) in [7, 11) is 4.05. The van der Waals surface area contributed by atoms with E-state index in [1.165, 1.54) is 33.3 Å². The molecule has 1 aromatic rings. The summed E-state index contributed by atoms with van der Waals surface area (Å²) in [6, 6.07) is 2.58. The second-order valence-corrected chi connectivity index (χ2v) is 3.63. The summed E-state index contributed by atoms with van der Waals surface area (Å²) in [5, 5.41) is 10.6. The van der Waals surface area contributed by atoms with E-state index in [0.717, 1.165) is 9.47 Å². The van der Waals surface area contributed by atoms with E-state index in [-0.39, 0.29) is 18.1 Å². The van der Waals surface area contributed by atoms with Crippen molar-refractivity contribution in [3.05, 3.63) is 27.9 Å². The standard InChI is InChI=1S/C10H13N3O5/c1-11(6-9(14)18-3)10(15)7-4-5-8(12(7)2)13(16)17/h4-5H,6H2,1-3H3. The minimum Gasteiger partial charge on any atom is -0.468 e. The summed E-state index contributed by atoms with van der Waals surface area (Å²) in [5.74, 6) is -1.24. The number of carbonyl (C=O) groups is 2. The molecule has 0 N–H and O–H groups in total. The number of nitrogens with zero attached hydrogens (tertiary/aromatic N) is 3. The first kappa shape index (κ1) is 13.7. The van der Waals surface area contributed by atoms with Gasteiger partial charge in [-0.25, -0.2) is 4.57 Å². The molecule has 0 aliphatic carbocycles. The SMILES string of the molecule is COC(=O)CN(C)C(=O)c1ccc([N+](=O)[O-])n1C. The van der Waals surface area contributed by atoms with Gasteiger partial charge in [-0.05, 0) is 11.0 Å². The lowest BCUT2D eigenvalue weighted by Gasteiger charge is -2.14. The zero-order valence-electron chi connectivity index (χ0n) is 10.2. The Hall–Kier alpha value is -2.38. The van der Waals surface area contributed by atoms with Crippen LogP contribution in [0.2, 0.25) is 0 Å². The minimum absolute atomic E-state index is 0.133. The second kappa shape index (κ2) is 5.30. The third-order valence-electron chi connectivity index (χ3n) is 2.44. The Labute approximate surface area is 103 Å². The molecular formula is C10H13N3O5. The quantitative estimate of drug-likeness (QED) is 0.434. The Balaban J connectivity index is 2.91. The third kappa shape index (κ3) is 2.65. The first-order chi connectivity index (χ1) is 8.38. The van der Waals surface area contributed by atoms with Crippen molar-refractivity contribution in [1.29, 1.82) is 0 Å². The number of nitro groups is 1. The number of hydrogen-bond acceptors (Lipinski definition) is 5. The average Bonchev–Trinajstić information content (AvgIpc) is 2.69. The van der Waals surface area contributed by atoms with Crippen LogP contribution >= 0.6 is 0 Å². The lowest BCUT2D eigenvalue weighted by molar-refractivity contribution is -0.391. The molecule has 1 aromatic heterocycles. The number of aromatic nitrogens is 1. The molecule has 0 saturated carbocycles. The molecule has 0 atom stereocenters. The van der Waals surface area contributed by atoms with Crippen molar-refractivity contribution in [1.82, 2.24) is 9.47 Å². The van der Waals surface area contributed by atoms with Crippen LogP contribution in [0.3, 0.4) is 0 Å². The van der Waals surface area contributed by atoms with Crippen LogP contribution in [0.5, 0.6) is 0 Å². The summed E-state index contributed by atoms with van der Waals surface area (Å²) in [4.78, 5) is 34.1. The van der Waals surface area contributed by atoms with Crippen molar-refractivity contribution in [3.8, 4) is 0 Å². The van der Waals surface area contributed by atoms with E-state index in [2.05, 4.69) is 4.74 Å². The number of carbonyl (C=O) groups excluding carboxylic acids is 2. The third-order valence-corrected chi connectivity index (χ3v) is 2.44. The molecule has 0 spiro atoms. The van der Waals surface area contributed by atoms with Gasteiger partial charge in [0.15, 0.2) is 5.69 Å². The van der Waals surface area contributed by atoms with Gasteiger partial charge in [0.1, 0.15) is 6.54 Å². The Morgan fingerprint density at radius 1 is 1.50 bits per heavy atom. The topological polar surface area (TPSA) is 94.7 Å². The fraction of sp³-hybridized carbons (Fsp3) is 0.400. The van der Waals surface area contributed by atoms with Gasteiger partial charge in [-0.3, -0.25) is 9.59 Å². The molecule has 1 amide bonds. The highest BCUT2D eigenvalue weighted by Gasteiger charge is 2.24. The van der Waals surface area contributed by atoms with Crippen molar-refractivity contribution in [3.63, 3.8) is 0 Å². The van der Waals surface area contributed by atoms with E-state index < -0.39 is 16.8 Å². The van der Waals surface area contributed by atoms with Crippen molar-refractivity contribution in [2.45, 2.75) is 0 Å². The van der Waals surface area contributed by atoms with Crippen LogP contribution < -0.4 is 0 Å². The molecule has 8 nitrogen and oxygen atoms in total. The van der Waals surface area contributed by atoms with Crippen molar-refractivity contribution < 1.29 is 19.2 Å². The monoisotopic (exact) mass is 255 g/mol. The first-order valence-electron chi connectivity index (χ1n) is 5.01. The Morgan fingerprint density at radius 3 is 2.56 bits per heavy atom. The largest absolute Gasteiger partial charge is 0.468 e. The van der Waals surface area contributed by atoms with Crippen LogP contribution in [0.15, 0.2) is 12.1 Å². The maximum Gasteiger partial charge on any atom is 0.325 e. The molecule has 0 radical (unpaired) electrons. The van der Waals surface area contributed by atoms with E-state index >= 15 is 0 Å². The highest BCUT2D eigenvalue weighted by Crippen LogP contribution is 2.16. The molecule has 0 aromatic carbocycles. The molecular weight excluding hydrogens is 242 g/mol. The van der Waals surface area contributed by atoms with Crippen LogP contribution in [-0.2, 0) is 16.6 Å². The first-order valence-corrected chi connectivity index (χ1v) is 5.01. The van der Waals surface area contributed by atoms with Gasteiger partial charge in [0.2, 0.25) is 0 Å². The summed E-state index contributed by atoms with van der Waals surface area (Å²) < 4.78 is 5.60. The zero-order chi connectivity index (χ0) is 13.9. The van der Waals surface area contributed by atoms with Crippen LogP contribution in [0, 0.1) is 10.1 Å². The highest BCUT2D eigenvalue weighted by atomic mass is 16.6. The van der Waals surface area contributed by atoms with E-state index in [0.29, 0.717) is 0 Å². The van der Waals surface area contributed by atoms with Crippen LogP contribution in [-0.4, -0.2) is 47.0 Å². The van der Waals surface area contributed by atoms with Crippen LogP contribution in [0.4, 0.5) is 5.82 Å². The van der Waals surface area contributed by atoms with E-state index in [1.807, 2.05) is 0 Å². The molecule has 0 bridgehead atoms. The molecule has 0 fully saturated rings. The molecule has 0 aliphatic heterocycles. The fourth-order valence-corrected chi connectivity index (χ4v) is 1.42. The number of esters is 1. The molecule has 0 saturated heterocycles. The second-order valence-electron chi connectivity index (χ2n) is 3.63. The number of amides is 1. The summed E-state index contributed by atoms with van der Waals surface area (Å²) in [5.41, 5.74) is 0.133. The molecule has 0 aliphatic rings. The fourth-order valence-electron chi connectivity index (χ4n) is 1.42. The highest BCUT2D eigenvalue weighted by molar-refractivity contribution is 5.95. The van der Waals surface area contributed by atoms with E-state index in [1.54, 1.807) is 0 Å².